The van der Waals surface area contributed by atoms with Crippen molar-refractivity contribution in [3.63, 3.8) is 0 Å². The van der Waals surface area contributed by atoms with E-state index in [0.717, 1.165) is 19.3 Å². The van der Waals surface area contributed by atoms with Gasteiger partial charge in [0.25, 0.3) is 5.91 Å². The molecular formula is C21H31N3O4S. The van der Waals surface area contributed by atoms with Gasteiger partial charge in [0.05, 0.1) is 11.4 Å². The normalized spacial score (nSPS) is 14.4. The van der Waals surface area contributed by atoms with Crippen LogP contribution in [0.25, 0.3) is 0 Å². The Morgan fingerprint density at radius 1 is 1.10 bits per heavy atom. The quantitative estimate of drug-likeness (QED) is 0.567. The highest BCUT2D eigenvalue weighted by molar-refractivity contribution is 7.89. The van der Waals surface area contributed by atoms with Crippen molar-refractivity contribution < 1.29 is 18.0 Å². The number of carbonyl (C=O) groups is 2. The van der Waals surface area contributed by atoms with Gasteiger partial charge < -0.3 is 10.6 Å². The van der Waals surface area contributed by atoms with Crippen LogP contribution in [0.5, 0.6) is 0 Å². The maximum absolute atomic E-state index is 12.6. The van der Waals surface area contributed by atoms with Gasteiger partial charge in [0.1, 0.15) is 0 Å². The van der Waals surface area contributed by atoms with Crippen LogP contribution in [0.3, 0.4) is 0 Å². The van der Waals surface area contributed by atoms with Crippen molar-refractivity contribution in [2.75, 3.05) is 26.2 Å². The van der Waals surface area contributed by atoms with E-state index in [9.17, 15) is 18.0 Å². The number of amides is 2. The number of allylic oxidation sites excluding steroid dienone is 1. The molecule has 2 amide bonds. The zero-order valence-electron chi connectivity index (χ0n) is 17.2. The molecule has 1 aliphatic carbocycles. The molecule has 0 spiro atoms. The topological polar surface area (TPSA) is 95.6 Å². The fraction of sp³-hybridized carbons (Fsp3) is 0.524. The third-order valence-electron chi connectivity index (χ3n) is 5.00. The number of nitrogens with zero attached hydrogens (tertiary/aromatic N) is 1. The second-order valence-corrected chi connectivity index (χ2v) is 8.95. The summed E-state index contributed by atoms with van der Waals surface area (Å²) in [5.74, 6) is -0.742. The fourth-order valence-corrected chi connectivity index (χ4v) is 4.83. The maximum Gasteiger partial charge on any atom is 0.251 e. The van der Waals surface area contributed by atoms with E-state index < -0.39 is 15.9 Å². The Morgan fingerprint density at radius 2 is 1.86 bits per heavy atom. The SMILES string of the molecule is CCN(CC)S(=O)(=O)c1cccc(C(=O)NCC(=O)NCCC2=CCCCC2)c1. The smallest absolute Gasteiger partial charge is 0.251 e. The average Bonchev–Trinajstić information content (AvgIpc) is 2.73. The molecule has 2 N–H and O–H groups in total. The molecule has 1 aliphatic rings. The highest BCUT2D eigenvalue weighted by Gasteiger charge is 2.22. The number of carbonyl (C=O) groups excluding carboxylic acids is 2. The van der Waals surface area contributed by atoms with Gasteiger partial charge in [-0.3, -0.25) is 9.59 Å². The summed E-state index contributed by atoms with van der Waals surface area (Å²) in [6, 6.07) is 5.88. The lowest BCUT2D eigenvalue weighted by Crippen LogP contribution is -2.37. The lowest BCUT2D eigenvalue weighted by atomic mass is 9.97. The van der Waals surface area contributed by atoms with Gasteiger partial charge in [-0.15, -0.1) is 0 Å². The molecule has 0 saturated carbocycles. The van der Waals surface area contributed by atoms with E-state index in [1.165, 1.54) is 47.0 Å². The van der Waals surface area contributed by atoms with E-state index in [-0.39, 0.29) is 22.9 Å². The van der Waals surface area contributed by atoms with E-state index in [1.54, 1.807) is 13.8 Å². The predicted molar refractivity (Wildman–Crippen MR) is 113 cm³/mol. The minimum absolute atomic E-state index is 0.0686. The van der Waals surface area contributed by atoms with Crippen molar-refractivity contribution in [1.82, 2.24) is 14.9 Å². The van der Waals surface area contributed by atoms with Gasteiger partial charge in [-0.05, 0) is 50.3 Å². The van der Waals surface area contributed by atoms with Crippen molar-refractivity contribution in [1.29, 1.82) is 0 Å². The summed E-state index contributed by atoms with van der Waals surface area (Å²) < 4.78 is 26.6. The van der Waals surface area contributed by atoms with Gasteiger partial charge in [-0.1, -0.05) is 31.6 Å². The minimum Gasteiger partial charge on any atom is -0.354 e. The molecule has 0 unspecified atom stereocenters. The number of rotatable bonds is 10. The van der Waals surface area contributed by atoms with E-state index in [1.807, 2.05) is 0 Å². The first kappa shape index (κ1) is 23.1. The van der Waals surface area contributed by atoms with Crippen LogP contribution in [-0.4, -0.2) is 50.7 Å². The van der Waals surface area contributed by atoms with Crippen LogP contribution in [-0.2, 0) is 14.8 Å². The molecule has 0 saturated heterocycles. The Hall–Kier alpha value is -2.19. The van der Waals surface area contributed by atoms with Crippen LogP contribution in [0.1, 0.15) is 56.3 Å². The number of sulfonamides is 1. The second-order valence-electron chi connectivity index (χ2n) is 7.01. The summed E-state index contributed by atoms with van der Waals surface area (Å²) in [5, 5.41) is 5.35. The van der Waals surface area contributed by atoms with E-state index >= 15 is 0 Å². The van der Waals surface area contributed by atoms with E-state index in [4.69, 9.17) is 0 Å². The Bertz CT molecular complexity index is 845. The lowest BCUT2D eigenvalue weighted by molar-refractivity contribution is -0.120. The Morgan fingerprint density at radius 3 is 2.52 bits per heavy atom. The Balaban J connectivity index is 1.87. The second kappa shape index (κ2) is 11.1. The molecule has 7 nitrogen and oxygen atoms in total. The Labute approximate surface area is 173 Å². The molecule has 1 aromatic carbocycles. The van der Waals surface area contributed by atoms with Crippen molar-refractivity contribution in [3.05, 3.63) is 41.5 Å². The van der Waals surface area contributed by atoms with Crippen LogP contribution >= 0.6 is 0 Å². The third kappa shape index (κ3) is 6.68. The van der Waals surface area contributed by atoms with Gasteiger partial charge in [-0.25, -0.2) is 8.42 Å². The first-order valence-electron chi connectivity index (χ1n) is 10.2. The predicted octanol–water partition coefficient (Wildman–Crippen LogP) is 2.45. The summed E-state index contributed by atoms with van der Waals surface area (Å²) in [5.41, 5.74) is 1.59. The summed E-state index contributed by atoms with van der Waals surface area (Å²) >= 11 is 0. The number of hydrogen-bond donors (Lipinski definition) is 2. The molecule has 0 bridgehead atoms. The molecule has 0 fully saturated rings. The maximum atomic E-state index is 12.6. The molecule has 0 atom stereocenters. The standard InChI is InChI=1S/C21H31N3O4S/c1-3-24(4-2)29(27,28)19-12-8-11-18(15-19)21(26)23-16-20(25)22-14-13-17-9-6-5-7-10-17/h8-9,11-12,15H,3-7,10,13-14,16H2,1-2H3,(H,22,25)(H,23,26). The van der Waals surface area contributed by atoms with Crippen LogP contribution in [0, 0.1) is 0 Å². The molecule has 0 radical (unpaired) electrons. The van der Waals surface area contributed by atoms with Gasteiger partial charge >= 0.3 is 0 Å². The van der Waals surface area contributed by atoms with E-state index in [2.05, 4.69) is 16.7 Å². The van der Waals surface area contributed by atoms with Crippen LogP contribution in [0.15, 0.2) is 40.8 Å². The highest BCUT2D eigenvalue weighted by Crippen LogP contribution is 2.19. The molecule has 160 valence electrons. The third-order valence-corrected chi connectivity index (χ3v) is 7.05. The monoisotopic (exact) mass is 421 g/mol. The molecule has 1 aromatic rings. The van der Waals surface area contributed by atoms with Crippen LogP contribution < -0.4 is 10.6 Å². The van der Waals surface area contributed by atoms with Gasteiger partial charge in [0, 0.05) is 25.2 Å². The zero-order valence-corrected chi connectivity index (χ0v) is 18.1. The van der Waals surface area contributed by atoms with Crippen molar-refractivity contribution in [3.8, 4) is 0 Å². The molecule has 0 aliphatic heterocycles. The van der Waals surface area contributed by atoms with Gasteiger partial charge in [0.2, 0.25) is 15.9 Å². The zero-order chi connectivity index (χ0) is 21.3. The van der Waals surface area contributed by atoms with Crippen molar-refractivity contribution in [2.24, 2.45) is 0 Å². The molecule has 0 heterocycles. The molecule has 8 heteroatoms. The van der Waals surface area contributed by atoms with Crippen molar-refractivity contribution in [2.45, 2.75) is 50.8 Å². The van der Waals surface area contributed by atoms with Gasteiger partial charge in [0.15, 0.2) is 0 Å². The first-order chi connectivity index (χ1) is 13.9. The minimum atomic E-state index is -3.64. The fourth-order valence-electron chi connectivity index (χ4n) is 3.33. The highest BCUT2D eigenvalue weighted by atomic mass is 32.2. The van der Waals surface area contributed by atoms with Crippen LogP contribution in [0.2, 0.25) is 0 Å². The van der Waals surface area contributed by atoms with E-state index in [0.29, 0.717) is 19.6 Å². The average molecular weight is 422 g/mol. The number of hydrogen-bond acceptors (Lipinski definition) is 4. The first-order valence-corrected chi connectivity index (χ1v) is 11.7. The molecule has 29 heavy (non-hydrogen) atoms. The van der Waals surface area contributed by atoms with Crippen molar-refractivity contribution >= 4 is 21.8 Å². The van der Waals surface area contributed by atoms with Crippen LogP contribution in [0.4, 0.5) is 0 Å². The Kier molecular flexibility index (Phi) is 8.85. The molecule has 2 rings (SSSR count). The lowest BCUT2D eigenvalue weighted by Gasteiger charge is -2.18. The summed E-state index contributed by atoms with van der Waals surface area (Å²) in [7, 11) is -3.64. The molecular weight excluding hydrogens is 390 g/mol. The number of benzene rings is 1. The summed E-state index contributed by atoms with van der Waals surface area (Å²) in [6.07, 6.45) is 7.74. The summed E-state index contributed by atoms with van der Waals surface area (Å²) in [4.78, 5) is 24.4. The number of nitrogens with one attached hydrogen (secondary N) is 2. The summed E-state index contributed by atoms with van der Waals surface area (Å²) in [6.45, 7) is 4.64. The van der Waals surface area contributed by atoms with Gasteiger partial charge in [-0.2, -0.15) is 4.31 Å². The largest absolute Gasteiger partial charge is 0.354 e. The molecule has 0 aromatic heterocycles.